The van der Waals surface area contributed by atoms with Gasteiger partial charge in [0, 0.05) is 35.9 Å². The Hall–Kier alpha value is -1.26. The van der Waals surface area contributed by atoms with Crippen molar-refractivity contribution in [2.45, 2.75) is 20.0 Å². The van der Waals surface area contributed by atoms with Crippen molar-refractivity contribution in [1.82, 2.24) is 5.32 Å². The second kappa shape index (κ2) is 6.78. The van der Waals surface area contributed by atoms with Crippen LogP contribution in [0, 0.1) is 0 Å². The normalized spacial score (nSPS) is 10.7. The molecule has 4 heteroatoms. The number of hydrogen-bond acceptors (Lipinski definition) is 3. The molecule has 0 fully saturated rings. The third kappa shape index (κ3) is 3.85. The topological polar surface area (TPSA) is 28.4 Å². The number of benzene rings is 1. The molecule has 1 N–H and O–H groups in total. The molecule has 0 bridgehead atoms. The first-order valence-corrected chi connectivity index (χ1v) is 7.21. The van der Waals surface area contributed by atoms with Gasteiger partial charge in [-0.25, -0.2) is 0 Å². The summed E-state index contributed by atoms with van der Waals surface area (Å²) in [6.45, 7) is 4.81. The third-order valence-electron chi connectivity index (χ3n) is 3.02. The lowest BCUT2D eigenvalue weighted by molar-refractivity contribution is 0.563. The fraction of sp³-hybridized carbons (Fsp3) is 0.333. The molecule has 0 saturated heterocycles. The van der Waals surface area contributed by atoms with Gasteiger partial charge in [0.05, 0.1) is 12.5 Å². The Labute approximate surface area is 122 Å². The molecule has 0 spiro atoms. The van der Waals surface area contributed by atoms with Crippen molar-refractivity contribution in [3.05, 3.63) is 52.4 Å². The van der Waals surface area contributed by atoms with Gasteiger partial charge in [0.2, 0.25) is 0 Å². The van der Waals surface area contributed by atoms with Gasteiger partial charge in [0.25, 0.3) is 0 Å². The Bertz CT molecular complexity index is 511. The van der Waals surface area contributed by atoms with Gasteiger partial charge in [-0.1, -0.05) is 22.9 Å². The van der Waals surface area contributed by atoms with Gasteiger partial charge in [0.15, 0.2) is 0 Å². The van der Waals surface area contributed by atoms with E-state index in [9.17, 15) is 0 Å². The Morgan fingerprint density at radius 3 is 2.84 bits per heavy atom. The van der Waals surface area contributed by atoms with E-state index in [2.05, 4.69) is 58.3 Å². The SMILES string of the molecule is CCNCc1cc(Br)ccc1N(C)Cc1ccoc1. The Morgan fingerprint density at radius 1 is 1.32 bits per heavy atom. The lowest BCUT2D eigenvalue weighted by Gasteiger charge is -2.22. The summed E-state index contributed by atoms with van der Waals surface area (Å²) in [7, 11) is 2.10. The minimum atomic E-state index is 0.845. The molecule has 3 nitrogen and oxygen atoms in total. The summed E-state index contributed by atoms with van der Waals surface area (Å²) in [4.78, 5) is 2.24. The van der Waals surface area contributed by atoms with Crippen LogP contribution >= 0.6 is 15.9 Å². The van der Waals surface area contributed by atoms with Crippen molar-refractivity contribution in [3.63, 3.8) is 0 Å². The van der Waals surface area contributed by atoms with Gasteiger partial charge in [-0.3, -0.25) is 0 Å². The van der Waals surface area contributed by atoms with Gasteiger partial charge in [-0.05, 0) is 36.4 Å². The molecule has 0 radical (unpaired) electrons. The summed E-state index contributed by atoms with van der Waals surface area (Å²) in [6, 6.07) is 8.40. The number of halogens is 1. The van der Waals surface area contributed by atoms with Crippen molar-refractivity contribution in [3.8, 4) is 0 Å². The first-order valence-electron chi connectivity index (χ1n) is 6.42. The van der Waals surface area contributed by atoms with E-state index in [1.54, 1.807) is 12.5 Å². The van der Waals surface area contributed by atoms with Crippen LogP contribution in [-0.2, 0) is 13.1 Å². The zero-order valence-corrected chi connectivity index (χ0v) is 12.9. The van der Waals surface area contributed by atoms with Crippen LogP contribution in [0.5, 0.6) is 0 Å². The van der Waals surface area contributed by atoms with E-state index < -0.39 is 0 Å². The number of rotatable bonds is 6. The maximum absolute atomic E-state index is 5.12. The largest absolute Gasteiger partial charge is 0.472 e. The second-order valence-electron chi connectivity index (χ2n) is 4.54. The molecule has 1 aromatic carbocycles. The van der Waals surface area contributed by atoms with E-state index in [0.29, 0.717) is 0 Å². The molecule has 19 heavy (non-hydrogen) atoms. The van der Waals surface area contributed by atoms with Gasteiger partial charge < -0.3 is 14.6 Å². The highest BCUT2D eigenvalue weighted by Gasteiger charge is 2.09. The van der Waals surface area contributed by atoms with Crippen LogP contribution in [0.1, 0.15) is 18.1 Å². The zero-order valence-electron chi connectivity index (χ0n) is 11.3. The minimum Gasteiger partial charge on any atom is -0.472 e. The number of hydrogen-bond donors (Lipinski definition) is 1. The smallest absolute Gasteiger partial charge is 0.0952 e. The van der Waals surface area contributed by atoms with Gasteiger partial charge in [-0.15, -0.1) is 0 Å². The molecule has 1 heterocycles. The average Bonchev–Trinajstić information content (AvgIpc) is 2.89. The number of nitrogens with one attached hydrogen (secondary N) is 1. The first kappa shape index (κ1) is 14.2. The summed E-state index contributed by atoms with van der Waals surface area (Å²) >= 11 is 3.54. The molecule has 2 rings (SSSR count). The zero-order chi connectivity index (χ0) is 13.7. The Balaban J connectivity index is 2.17. The van der Waals surface area contributed by atoms with Crippen molar-refractivity contribution in [1.29, 1.82) is 0 Å². The molecule has 102 valence electrons. The monoisotopic (exact) mass is 322 g/mol. The van der Waals surface area contributed by atoms with Gasteiger partial charge in [-0.2, -0.15) is 0 Å². The van der Waals surface area contributed by atoms with Crippen LogP contribution in [0.3, 0.4) is 0 Å². The molecule has 1 aromatic heterocycles. The number of nitrogens with zero attached hydrogens (tertiary/aromatic N) is 1. The molecule has 0 aliphatic carbocycles. The lowest BCUT2D eigenvalue weighted by Crippen LogP contribution is -2.20. The van der Waals surface area contributed by atoms with Crippen molar-refractivity contribution in [2.24, 2.45) is 0 Å². The van der Waals surface area contributed by atoms with E-state index in [1.807, 2.05) is 6.07 Å². The van der Waals surface area contributed by atoms with Crippen molar-refractivity contribution < 1.29 is 4.42 Å². The number of anilines is 1. The Kier molecular flexibility index (Phi) is 5.05. The van der Waals surface area contributed by atoms with Crippen LogP contribution < -0.4 is 10.2 Å². The second-order valence-corrected chi connectivity index (χ2v) is 5.46. The standard InChI is InChI=1S/C15H19BrN2O/c1-3-17-9-13-8-14(16)4-5-15(13)18(2)10-12-6-7-19-11-12/h4-8,11,17H,3,9-10H2,1-2H3. The van der Waals surface area contributed by atoms with Gasteiger partial charge in [0.1, 0.15) is 0 Å². The van der Waals surface area contributed by atoms with Crippen molar-refractivity contribution in [2.75, 3.05) is 18.5 Å². The minimum absolute atomic E-state index is 0.845. The van der Waals surface area contributed by atoms with E-state index >= 15 is 0 Å². The quantitative estimate of drug-likeness (QED) is 0.877. The summed E-state index contributed by atoms with van der Waals surface area (Å²) in [5.41, 5.74) is 3.72. The lowest BCUT2D eigenvalue weighted by atomic mass is 10.1. The fourth-order valence-corrected chi connectivity index (χ4v) is 2.48. The van der Waals surface area contributed by atoms with Crippen LogP contribution in [0.15, 0.2) is 45.7 Å². The van der Waals surface area contributed by atoms with E-state index in [1.165, 1.54) is 16.8 Å². The van der Waals surface area contributed by atoms with Crippen LogP contribution in [0.4, 0.5) is 5.69 Å². The van der Waals surface area contributed by atoms with Crippen LogP contribution in [0.2, 0.25) is 0 Å². The summed E-state index contributed by atoms with van der Waals surface area (Å²) < 4.78 is 6.23. The molecular formula is C15H19BrN2O. The fourth-order valence-electron chi connectivity index (χ4n) is 2.07. The molecule has 0 amide bonds. The molecule has 0 saturated carbocycles. The molecule has 0 aliphatic rings. The highest BCUT2D eigenvalue weighted by Crippen LogP contribution is 2.25. The predicted molar refractivity (Wildman–Crippen MR) is 82.3 cm³/mol. The van der Waals surface area contributed by atoms with Crippen LogP contribution in [-0.4, -0.2) is 13.6 Å². The maximum atomic E-state index is 5.12. The number of furan rings is 1. The molecule has 0 unspecified atom stereocenters. The third-order valence-corrected chi connectivity index (χ3v) is 3.51. The highest BCUT2D eigenvalue weighted by atomic mass is 79.9. The molecular weight excluding hydrogens is 304 g/mol. The predicted octanol–water partition coefficient (Wildman–Crippen LogP) is 3.79. The van der Waals surface area contributed by atoms with Gasteiger partial charge >= 0.3 is 0 Å². The summed E-state index contributed by atoms with van der Waals surface area (Å²) in [6.07, 6.45) is 3.50. The van der Waals surface area contributed by atoms with E-state index in [4.69, 9.17) is 4.42 Å². The summed E-state index contributed by atoms with van der Waals surface area (Å²) in [5.74, 6) is 0. The summed E-state index contributed by atoms with van der Waals surface area (Å²) in [5, 5.41) is 3.38. The van der Waals surface area contributed by atoms with E-state index in [0.717, 1.165) is 24.1 Å². The van der Waals surface area contributed by atoms with Crippen molar-refractivity contribution >= 4 is 21.6 Å². The first-order chi connectivity index (χ1) is 9.20. The molecule has 0 aliphatic heterocycles. The molecule has 0 atom stereocenters. The average molecular weight is 323 g/mol. The maximum Gasteiger partial charge on any atom is 0.0952 e. The highest BCUT2D eigenvalue weighted by molar-refractivity contribution is 9.10. The molecule has 2 aromatic rings. The van der Waals surface area contributed by atoms with Crippen LogP contribution in [0.25, 0.3) is 0 Å². The van der Waals surface area contributed by atoms with E-state index in [-0.39, 0.29) is 0 Å². The Morgan fingerprint density at radius 2 is 2.16 bits per heavy atom.